The third-order valence-electron chi connectivity index (χ3n) is 6.16. The molecule has 4 heterocycles. The van der Waals surface area contributed by atoms with Crippen LogP contribution in [-0.2, 0) is 24.4 Å². The maximum atomic E-state index is 12.7. The zero-order chi connectivity index (χ0) is 19.3. The molecule has 2 fully saturated rings. The number of hydrogen-bond acceptors (Lipinski definition) is 6. The minimum Gasteiger partial charge on any atom is -0.459 e. The first-order valence-electron chi connectivity index (χ1n) is 9.72. The average Bonchev–Trinajstić information content (AvgIpc) is 3.33. The fourth-order valence-corrected chi connectivity index (χ4v) is 4.27. The summed E-state index contributed by atoms with van der Waals surface area (Å²) >= 11 is 0. The Morgan fingerprint density at radius 1 is 1.25 bits per heavy atom. The molecule has 148 valence electrons. The van der Waals surface area contributed by atoms with E-state index >= 15 is 0 Å². The van der Waals surface area contributed by atoms with Gasteiger partial charge >= 0.3 is 11.1 Å². The van der Waals surface area contributed by atoms with Gasteiger partial charge < -0.3 is 14.1 Å². The Kier molecular flexibility index (Phi) is 4.01. The van der Waals surface area contributed by atoms with E-state index in [9.17, 15) is 14.4 Å². The van der Waals surface area contributed by atoms with Crippen LogP contribution >= 0.6 is 0 Å². The standard InChI is InChI=1S/C19H22N4O5/c24-16(14-5-2-8-27-14)21-7-6-19(11-21)12-22-15(10-28-19)20-23(18(26)17(22)25)9-13-3-1-4-13/h2,5,8,13H,1,3-4,6-7,9-12H2/t19-/m1/s1. The molecule has 1 aliphatic carbocycles. The minimum atomic E-state index is -0.673. The molecule has 0 unspecified atom stereocenters. The van der Waals surface area contributed by atoms with E-state index < -0.39 is 16.7 Å². The summed E-state index contributed by atoms with van der Waals surface area (Å²) in [6.45, 7) is 1.75. The summed E-state index contributed by atoms with van der Waals surface area (Å²) < 4.78 is 14.0. The lowest BCUT2D eigenvalue weighted by Crippen LogP contribution is -2.53. The van der Waals surface area contributed by atoms with Gasteiger partial charge in [0.25, 0.3) is 5.91 Å². The predicted molar refractivity (Wildman–Crippen MR) is 96.8 cm³/mol. The number of rotatable bonds is 3. The molecule has 0 aromatic carbocycles. The first-order chi connectivity index (χ1) is 13.5. The Morgan fingerprint density at radius 3 is 2.82 bits per heavy atom. The molecule has 28 heavy (non-hydrogen) atoms. The molecule has 2 aromatic rings. The van der Waals surface area contributed by atoms with Crippen LogP contribution in [0.3, 0.4) is 0 Å². The predicted octanol–water partition coefficient (Wildman–Crippen LogP) is 0.613. The van der Waals surface area contributed by atoms with Crippen LogP contribution in [0, 0.1) is 5.92 Å². The number of carbonyl (C=O) groups is 1. The highest BCUT2D eigenvalue weighted by atomic mass is 16.5. The van der Waals surface area contributed by atoms with Gasteiger partial charge in [-0.15, -0.1) is 0 Å². The second-order valence-corrected chi connectivity index (χ2v) is 8.02. The summed E-state index contributed by atoms with van der Waals surface area (Å²) in [4.78, 5) is 39.4. The van der Waals surface area contributed by atoms with E-state index in [2.05, 4.69) is 5.10 Å². The van der Waals surface area contributed by atoms with E-state index in [1.54, 1.807) is 17.0 Å². The van der Waals surface area contributed by atoms with Gasteiger partial charge in [0, 0.05) is 13.1 Å². The number of ether oxygens (including phenoxy) is 1. The number of fused-ring (bicyclic) bond motifs is 1. The van der Waals surface area contributed by atoms with Crippen LogP contribution < -0.4 is 11.1 Å². The van der Waals surface area contributed by atoms with Gasteiger partial charge in [-0.25, -0.2) is 4.68 Å². The van der Waals surface area contributed by atoms with Crippen LogP contribution in [0.1, 0.15) is 42.1 Å². The fourth-order valence-electron chi connectivity index (χ4n) is 4.27. The summed E-state index contributed by atoms with van der Waals surface area (Å²) in [5, 5.41) is 4.39. The smallest absolute Gasteiger partial charge is 0.332 e. The molecule has 1 spiro atoms. The first-order valence-corrected chi connectivity index (χ1v) is 9.72. The van der Waals surface area contributed by atoms with Crippen LogP contribution in [-0.4, -0.2) is 43.8 Å². The topological polar surface area (TPSA) is 99.6 Å². The number of amides is 1. The number of carbonyl (C=O) groups excluding carboxylic acids is 1. The SMILES string of the molecule is O=C(c1ccco1)N1CC[C@@]2(C1)Cn1c(nn(CC3CCC3)c(=O)c1=O)CO2. The molecule has 5 rings (SSSR count). The average molecular weight is 386 g/mol. The van der Waals surface area contributed by atoms with Gasteiger partial charge in [-0.1, -0.05) is 6.42 Å². The zero-order valence-electron chi connectivity index (χ0n) is 15.5. The maximum Gasteiger partial charge on any atom is 0.332 e. The van der Waals surface area contributed by atoms with E-state index in [1.165, 1.54) is 21.9 Å². The second kappa shape index (κ2) is 6.44. The molecule has 1 atom stereocenters. The summed E-state index contributed by atoms with van der Waals surface area (Å²) in [5.74, 6) is 0.994. The van der Waals surface area contributed by atoms with Gasteiger partial charge in [0.2, 0.25) is 0 Å². The number of hydrogen-bond donors (Lipinski definition) is 0. The summed E-state index contributed by atoms with van der Waals surface area (Å²) in [6, 6.07) is 3.30. The lowest BCUT2D eigenvalue weighted by Gasteiger charge is -2.35. The largest absolute Gasteiger partial charge is 0.459 e. The van der Waals surface area contributed by atoms with E-state index in [0.717, 1.165) is 12.8 Å². The van der Waals surface area contributed by atoms with E-state index in [4.69, 9.17) is 9.15 Å². The van der Waals surface area contributed by atoms with E-state index in [1.807, 2.05) is 0 Å². The van der Waals surface area contributed by atoms with Gasteiger partial charge in [0.15, 0.2) is 11.6 Å². The van der Waals surface area contributed by atoms with Gasteiger partial charge in [-0.05, 0) is 37.3 Å². The van der Waals surface area contributed by atoms with E-state index in [-0.39, 0.29) is 24.8 Å². The molecule has 1 amide bonds. The lowest BCUT2D eigenvalue weighted by molar-refractivity contribution is -0.0844. The van der Waals surface area contributed by atoms with E-state index in [0.29, 0.717) is 37.8 Å². The number of likely N-dealkylation sites (tertiary alicyclic amines) is 1. The first kappa shape index (κ1) is 17.4. The zero-order valence-corrected chi connectivity index (χ0v) is 15.5. The van der Waals surface area contributed by atoms with Crippen LogP contribution in [0.4, 0.5) is 0 Å². The van der Waals surface area contributed by atoms with Crippen LogP contribution in [0.15, 0.2) is 32.4 Å². The Labute approximate surface area is 160 Å². The Morgan fingerprint density at radius 2 is 2.11 bits per heavy atom. The van der Waals surface area contributed by atoms with Crippen molar-refractivity contribution >= 4 is 5.91 Å². The summed E-state index contributed by atoms with van der Waals surface area (Å²) in [6.07, 6.45) is 5.38. The highest BCUT2D eigenvalue weighted by Crippen LogP contribution is 2.32. The molecule has 9 nitrogen and oxygen atoms in total. The molecular weight excluding hydrogens is 364 g/mol. The van der Waals surface area contributed by atoms with Crippen molar-refractivity contribution in [2.24, 2.45) is 5.92 Å². The Hall–Kier alpha value is -2.68. The molecule has 9 heteroatoms. The summed E-state index contributed by atoms with van der Waals surface area (Å²) in [7, 11) is 0. The van der Waals surface area contributed by atoms with Crippen molar-refractivity contribution in [3.05, 3.63) is 50.7 Å². The maximum absolute atomic E-state index is 12.7. The van der Waals surface area contributed by atoms with Crippen molar-refractivity contribution in [2.75, 3.05) is 13.1 Å². The lowest BCUT2D eigenvalue weighted by atomic mass is 9.85. The van der Waals surface area contributed by atoms with Gasteiger partial charge in [0.05, 0.1) is 19.4 Å². The highest BCUT2D eigenvalue weighted by molar-refractivity contribution is 5.91. The van der Waals surface area contributed by atoms with Crippen LogP contribution in [0.5, 0.6) is 0 Å². The number of furan rings is 1. The molecule has 2 aliphatic heterocycles. The van der Waals surface area contributed by atoms with Gasteiger partial charge in [-0.2, -0.15) is 5.10 Å². The van der Waals surface area contributed by atoms with Crippen molar-refractivity contribution in [1.29, 1.82) is 0 Å². The normalized spacial score (nSPS) is 24.4. The molecule has 1 saturated carbocycles. The molecule has 1 saturated heterocycles. The molecule has 0 N–H and O–H groups in total. The molecular formula is C19H22N4O5. The van der Waals surface area contributed by atoms with Gasteiger partial charge in [-0.3, -0.25) is 19.0 Å². The van der Waals surface area contributed by atoms with Crippen molar-refractivity contribution in [2.45, 2.75) is 51.0 Å². The molecule has 0 radical (unpaired) electrons. The monoisotopic (exact) mass is 386 g/mol. The molecule has 0 bridgehead atoms. The summed E-state index contributed by atoms with van der Waals surface area (Å²) in [5.41, 5.74) is -1.80. The van der Waals surface area contributed by atoms with Crippen molar-refractivity contribution in [3.63, 3.8) is 0 Å². The van der Waals surface area contributed by atoms with Crippen LogP contribution in [0.25, 0.3) is 0 Å². The van der Waals surface area contributed by atoms with Crippen molar-refractivity contribution in [3.8, 4) is 0 Å². The van der Waals surface area contributed by atoms with Gasteiger partial charge in [0.1, 0.15) is 12.2 Å². The second-order valence-electron chi connectivity index (χ2n) is 8.02. The molecule has 2 aromatic heterocycles. The third-order valence-corrected chi connectivity index (χ3v) is 6.16. The quantitative estimate of drug-likeness (QED) is 0.717. The number of aromatic nitrogens is 3. The minimum absolute atomic E-state index is 0.156. The fraction of sp³-hybridized carbons (Fsp3) is 0.579. The third kappa shape index (κ3) is 2.81. The molecule has 3 aliphatic rings. The Bertz CT molecular complexity index is 1020. The Balaban J connectivity index is 1.38. The van der Waals surface area contributed by atoms with Crippen molar-refractivity contribution in [1.82, 2.24) is 19.2 Å². The van der Waals surface area contributed by atoms with Crippen molar-refractivity contribution < 1.29 is 13.9 Å². The van der Waals surface area contributed by atoms with Crippen LogP contribution in [0.2, 0.25) is 0 Å². The number of nitrogens with zero attached hydrogens (tertiary/aromatic N) is 4. The highest BCUT2D eigenvalue weighted by Gasteiger charge is 2.45.